The molecule has 1 fully saturated rings. The van der Waals surface area contributed by atoms with Gasteiger partial charge in [0.05, 0.1) is 32.7 Å². The summed E-state index contributed by atoms with van der Waals surface area (Å²) in [6.07, 6.45) is 2.78. The predicted molar refractivity (Wildman–Crippen MR) is 69.4 cm³/mol. The van der Waals surface area contributed by atoms with E-state index < -0.39 is 12.0 Å². The highest BCUT2D eigenvalue weighted by molar-refractivity contribution is 5.87. The van der Waals surface area contributed by atoms with Crippen LogP contribution in [0.15, 0.2) is 12.4 Å². The Labute approximate surface area is 116 Å². The van der Waals surface area contributed by atoms with E-state index in [-0.39, 0.29) is 11.6 Å². The molecule has 108 valence electrons. The Morgan fingerprint density at radius 3 is 2.85 bits per heavy atom. The lowest BCUT2D eigenvalue weighted by atomic mass is 10.2. The minimum Gasteiger partial charge on any atom is -0.464 e. The van der Waals surface area contributed by atoms with E-state index in [2.05, 4.69) is 20.0 Å². The number of hydrogen-bond acceptors (Lipinski definition) is 7. The number of aromatic nitrogens is 2. The van der Waals surface area contributed by atoms with Gasteiger partial charge in [-0.1, -0.05) is 0 Å². The van der Waals surface area contributed by atoms with E-state index >= 15 is 0 Å². The fourth-order valence-electron chi connectivity index (χ4n) is 1.94. The third-order valence-corrected chi connectivity index (χ3v) is 3.00. The van der Waals surface area contributed by atoms with Crippen LogP contribution < -0.4 is 10.2 Å². The first-order valence-corrected chi connectivity index (χ1v) is 6.13. The standard InChI is InChI=1S/C12H16N4O4/c1-13-11(17)9-7-20-4-3-16(9)10-6-14-8(5-15-10)12(18)19-2/h5-6,9H,3-4,7H2,1-2H3,(H,13,17). The molecule has 1 aliphatic rings. The first-order valence-electron chi connectivity index (χ1n) is 6.13. The molecule has 1 aliphatic heterocycles. The molecular formula is C12H16N4O4. The van der Waals surface area contributed by atoms with Gasteiger partial charge in [-0.2, -0.15) is 0 Å². The van der Waals surface area contributed by atoms with Gasteiger partial charge >= 0.3 is 5.97 Å². The number of carbonyl (C=O) groups is 2. The molecule has 1 atom stereocenters. The fourth-order valence-corrected chi connectivity index (χ4v) is 1.94. The number of rotatable bonds is 3. The lowest BCUT2D eigenvalue weighted by Gasteiger charge is -2.34. The van der Waals surface area contributed by atoms with Crippen LogP contribution in [-0.4, -0.2) is 61.8 Å². The second-order valence-electron chi connectivity index (χ2n) is 4.15. The molecule has 0 aromatic carbocycles. The van der Waals surface area contributed by atoms with Crippen LogP contribution in [0.2, 0.25) is 0 Å². The summed E-state index contributed by atoms with van der Waals surface area (Å²) < 4.78 is 9.87. The van der Waals surface area contributed by atoms with E-state index in [4.69, 9.17) is 4.74 Å². The maximum absolute atomic E-state index is 11.8. The number of nitrogens with zero attached hydrogens (tertiary/aromatic N) is 3. The molecule has 2 heterocycles. The lowest BCUT2D eigenvalue weighted by molar-refractivity contribution is -0.124. The van der Waals surface area contributed by atoms with Gasteiger partial charge in [-0.25, -0.2) is 14.8 Å². The summed E-state index contributed by atoms with van der Waals surface area (Å²) in [5.74, 6) is -0.174. The number of methoxy groups -OCH3 is 1. The van der Waals surface area contributed by atoms with E-state index in [0.717, 1.165) is 0 Å². The van der Waals surface area contributed by atoms with Gasteiger partial charge < -0.3 is 19.7 Å². The molecule has 1 N–H and O–H groups in total. The van der Waals surface area contributed by atoms with Crippen LogP contribution in [0.4, 0.5) is 5.82 Å². The average molecular weight is 280 g/mol. The molecule has 0 saturated carbocycles. The van der Waals surface area contributed by atoms with Gasteiger partial charge in [0.15, 0.2) is 5.69 Å². The Hall–Kier alpha value is -2.22. The Balaban J connectivity index is 2.20. The summed E-state index contributed by atoms with van der Waals surface area (Å²) in [5.41, 5.74) is 0.126. The Bertz CT molecular complexity index is 491. The Morgan fingerprint density at radius 1 is 1.45 bits per heavy atom. The second kappa shape index (κ2) is 6.29. The molecule has 0 radical (unpaired) electrons. The quantitative estimate of drug-likeness (QED) is 0.725. The number of carbonyl (C=O) groups excluding carboxylic acids is 2. The van der Waals surface area contributed by atoms with E-state index in [9.17, 15) is 9.59 Å². The van der Waals surface area contributed by atoms with Gasteiger partial charge in [0.25, 0.3) is 0 Å². The van der Waals surface area contributed by atoms with Crippen molar-refractivity contribution in [1.82, 2.24) is 15.3 Å². The predicted octanol–water partition coefficient (Wildman–Crippen LogP) is -0.786. The molecule has 1 unspecified atom stereocenters. The zero-order valence-electron chi connectivity index (χ0n) is 11.3. The molecule has 1 amide bonds. The summed E-state index contributed by atoms with van der Waals surface area (Å²) in [5, 5.41) is 2.59. The molecule has 1 saturated heterocycles. The van der Waals surface area contributed by atoms with Crippen LogP contribution in [0.1, 0.15) is 10.5 Å². The first-order chi connectivity index (χ1) is 9.67. The second-order valence-corrected chi connectivity index (χ2v) is 4.15. The van der Waals surface area contributed by atoms with Crippen molar-refractivity contribution >= 4 is 17.7 Å². The van der Waals surface area contributed by atoms with Crippen LogP contribution in [0.5, 0.6) is 0 Å². The fraction of sp³-hybridized carbons (Fsp3) is 0.500. The first kappa shape index (κ1) is 14.2. The van der Waals surface area contributed by atoms with Gasteiger partial charge in [-0.05, 0) is 0 Å². The summed E-state index contributed by atoms with van der Waals surface area (Å²) in [6, 6.07) is -0.452. The van der Waals surface area contributed by atoms with E-state index in [1.54, 1.807) is 11.9 Å². The van der Waals surface area contributed by atoms with Gasteiger partial charge in [0, 0.05) is 13.6 Å². The number of esters is 1. The highest BCUT2D eigenvalue weighted by Gasteiger charge is 2.30. The van der Waals surface area contributed by atoms with Gasteiger partial charge in [0.2, 0.25) is 5.91 Å². The van der Waals surface area contributed by atoms with E-state index in [1.165, 1.54) is 19.5 Å². The van der Waals surface area contributed by atoms with Crippen LogP contribution in [0.3, 0.4) is 0 Å². The van der Waals surface area contributed by atoms with E-state index in [1.807, 2.05) is 0 Å². The highest BCUT2D eigenvalue weighted by Crippen LogP contribution is 2.16. The van der Waals surface area contributed by atoms with Crippen molar-refractivity contribution in [3.8, 4) is 0 Å². The maximum atomic E-state index is 11.8. The molecule has 1 aromatic rings. The number of amides is 1. The highest BCUT2D eigenvalue weighted by atomic mass is 16.5. The molecule has 2 rings (SSSR count). The monoisotopic (exact) mass is 280 g/mol. The number of hydrogen-bond donors (Lipinski definition) is 1. The third kappa shape index (κ3) is 2.85. The molecule has 0 spiro atoms. The average Bonchev–Trinajstić information content (AvgIpc) is 2.53. The van der Waals surface area contributed by atoms with Crippen molar-refractivity contribution < 1.29 is 19.1 Å². The molecule has 20 heavy (non-hydrogen) atoms. The van der Waals surface area contributed by atoms with Crippen molar-refractivity contribution in [2.24, 2.45) is 0 Å². The lowest BCUT2D eigenvalue weighted by Crippen LogP contribution is -2.53. The molecule has 0 bridgehead atoms. The minimum absolute atomic E-state index is 0.126. The van der Waals surface area contributed by atoms with Crippen molar-refractivity contribution in [2.75, 3.05) is 38.8 Å². The molecular weight excluding hydrogens is 264 g/mol. The SMILES string of the molecule is CNC(=O)C1COCCN1c1cnc(C(=O)OC)cn1. The van der Waals surface area contributed by atoms with Crippen molar-refractivity contribution in [3.05, 3.63) is 18.1 Å². The van der Waals surface area contributed by atoms with Crippen molar-refractivity contribution in [1.29, 1.82) is 0 Å². The summed E-state index contributed by atoms with van der Waals surface area (Å²) in [7, 11) is 2.85. The molecule has 8 nitrogen and oxygen atoms in total. The number of ether oxygens (including phenoxy) is 2. The topological polar surface area (TPSA) is 93.7 Å². The Kier molecular flexibility index (Phi) is 4.46. The van der Waals surface area contributed by atoms with Gasteiger partial charge in [-0.15, -0.1) is 0 Å². The third-order valence-electron chi connectivity index (χ3n) is 3.00. The number of anilines is 1. The summed E-state index contributed by atoms with van der Waals surface area (Å²) in [4.78, 5) is 33.1. The summed E-state index contributed by atoms with van der Waals surface area (Å²) in [6.45, 7) is 1.33. The zero-order chi connectivity index (χ0) is 14.5. The van der Waals surface area contributed by atoms with Crippen molar-refractivity contribution in [2.45, 2.75) is 6.04 Å². The zero-order valence-corrected chi connectivity index (χ0v) is 11.3. The minimum atomic E-state index is -0.547. The molecule has 8 heteroatoms. The number of morpholine rings is 1. The maximum Gasteiger partial charge on any atom is 0.358 e. The van der Waals surface area contributed by atoms with Crippen LogP contribution in [0, 0.1) is 0 Å². The summed E-state index contributed by atoms with van der Waals surface area (Å²) >= 11 is 0. The Morgan fingerprint density at radius 2 is 2.25 bits per heavy atom. The molecule has 1 aromatic heterocycles. The molecule has 0 aliphatic carbocycles. The van der Waals surface area contributed by atoms with Crippen LogP contribution >= 0.6 is 0 Å². The van der Waals surface area contributed by atoms with Crippen LogP contribution in [-0.2, 0) is 14.3 Å². The smallest absolute Gasteiger partial charge is 0.358 e. The van der Waals surface area contributed by atoms with E-state index in [0.29, 0.717) is 25.6 Å². The normalized spacial score (nSPS) is 18.5. The largest absolute Gasteiger partial charge is 0.464 e. The van der Waals surface area contributed by atoms with Gasteiger partial charge in [0.1, 0.15) is 11.9 Å². The van der Waals surface area contributed by atoms with Gasteiger partial charge in [-0.3, -0.25) is 4.79 Å². The number of likely N-dealkylation sites (N-methyl/N-ethyl adjacent to an activating group) is 1. The van der Waals surface area contributed by atoms with Crippen molar-refractivity contribution in [3.63, 3.8) is 0 Å². The van der Waals surface area contributed by atoms with Crippen LogP contribution in [0.25, 0.3) is 0 Å². The number of nitrogens with one attached hydrogen (secondary N) is 1.